The molecule has 2 aromatic rings. The van der Waals surface area contributed by atoms with Gasteiger partial charge < -0.3 is 19.5 Å². The van der Waals surface area contributed by atoms with Crippen molar-refractivity contribution in [2.75, 3.05) is 18.0 Å². The Balaban J connectivity index is 0.00000272. The van der Waals surface area contributed by atoms with Crippen molar-refractivity contribution in [2.24, 2.45) is 5.92 Å². The van der Waals surface area contributed by atoms with Crippen LogP contribution in [0, 0.1) is 5.92 Å². The number of aliphatic carboxylic acids is 1. The Morgan fingerprint density at radius 2 is 1.94 bits per heavy atom. The van der Waals surface area contributed by atoms with E-state index in [-0.39, 0.29) is 35.3 Å². The number of benzene rings is 2. The molecule has 0 saturated carbocycles. The quantitative estimate of drug-likeness (QED) is 0.665. The van der Waals surface area contributed by atoms with Gasteiger partial charge in [0, 0.05) is 36.2 Å². The van der Waals surface area contributed by atoms with Crippen molar-refractivity contribution in [1.29, 1.82) is 0 Å². The number of halogens is 3. The maximum absolute atomic E-state index is 13.2. The maximum atomic E-state index is 13.2. The molecule has 4 nitrogen and oxygen atoms in total. The first kappa shape index (κ1) is 23.7. The Labute approximate surface area is 201 Å². The summed E-state index contributed by atoms with van der Waals surface area (Å²) in [6.45, 7) is 4.53. The van der Waals surface area contributed by atoms with E-state index >= 15 is 0 Å². The van der Waals surface area contributed by atoms with Crippen molar-refractivity contribution in [3.63, 3.8) is 0 Å². The second-order valence-corrected chi connectivity index (χ2v) is 8.01. The number of anilines is 1. The van der Waals surface area contributed by atoms with Crippen molar-refractivity contribution in [1.82, 2.24) is 0 Å². The molecule has 1 saturated heterocycles. The number of hydrogen-bond donors (Lipinski definition) is 0. The summed E-state index contributed by atoms with van der Waals surface area (Å²) in [6, 6.07) is 11.1. The zero-order chi connectivity index (χ0) is 21.7. The Hall–Kier alpha value is -1.96. The molecule has 2 aromatic carbocycles. The largest absolute Gasteiger partial charge is 1.00 e. The molecule has 4 rings (SSSR count). The van der Waals surface area contributed by atoms with E-state index in [0.717, 1.165) is 29.0 Å². The van der Waals surface area contributed by atoms with Crippen LogP contribution in [0.3, 0.4) is 0 Å². The van der Waals surface area contributed by atoms with Gasteiger partial charge in [-0.25, -0.2) is 0 Å². The van der Waals surface area contributed by atoms with Crippen molar-refractivity contribution in [3.8, 4) is 5.75 Å². The molecule has 158 valence electrons. The van der Waals surface area contributed by atoms with Gasteiger partial charge in [0.2, 0.25) is 0 Å². The number of carbonyl (C=O) groups is 1. The van der Waals surface area contributed by atoms with Crippen LogP contribution in [0.5, 0.6) is 5.75 Å². The van der Waals surface area contributed by atoms with Crippen molar-refractivity contribution in [2.45, 2.75) is 32.0 Å². The third-order valence-corrected chi connectivity index (χ3v) is 5.83. The summed E-state index contributed by atoms with van der Waals surface area (Å²) >= 11 is 0. The van der Waals surface area contributed by atoms with Gasteiger partial charge in [0.05, 0.1) is 5.56 Å². The third-order valence-electron chi connectivity index (χ3n) is 5.83. The standard InChI is InChI=1S/C23H22F3NO3.Na/c1-3-22(2)11-19(18-8-7-16(23(24,25)26)10-20(18)30-22)14-5-4-6-17(9-14)27-12-15(13-27)21(28)29;/h4-11,15H,3,12-13H2,1-2H3,(H,28,29);/q;+1/p-1. The summed E-state index contributed by atoms with van der Waals surface area (Å²) in [5, 5.41) is 11.0. The first-order valence-electron chi connectivity index (χ1n) is 9.79. The van der Waals surface area contributed by atoms with Crippen molar-refractivity contribution < 1.29 is 57.4 Å². The molecule has 2 aliphatic rings. The van der Waals surface area contributed by atoms with E-state index in [0.29, 0.717) is 25.1 Å². The zero-order valence-electron chi connectivity index (χ0n) is 17.6. The van der Waals surface area contributed by atoms with Gasteiger partial charge in [0.25, 0.3) is 0 Å². The van der Waals surface area contributed by atoms with Gasteiger partial charge in [-0.1, -0.05) is 25.1 Å². The van der Waals surface area contributed by atoms with Gasteiger partial charge in [-0.2, -0.15) is 13.2 Å². The molecular formula is C23H21F3NNaO3. The molecule has 0 aromatic heterocycles. The number of carboxylic acid groups (broad SMARTS) is 1. The van der Waals surface area contributed by atoms with Gasteiger partial charge in [0.15, 0.2) is 0 Å². The fraction of sp³-hybridized carbons (Fsp3) is 0.348. The first-order chi connectivity index (χ1) is 14.1. The summed E-state index contributed by atoms with van der Waals surface area (Å²) in [5.41, 5.74) is 1.62. The number of rotatable bonds is 4. The second kappa shape index (κ2) is 8.52. The molecule has 1 unspecified atom stereocenters. The molecule has 8 heteroatoms. The molecule has 0 N–H and O–H groups in total. The van der Waals surface area contributed by atoms with Crippen LogP contribution in [0.2, 0.25) is 0 Å². The number of fused-ring (bicyclic) bond motifs is 1. The maximum Gasteiger partial charge on any atom is 1.00 e. The summed E-state index contributed by atoms with van der Waals surface area (Å²) in [7, 11) is 0. The number of carboxylic acids is 1. The average molecular weight is 439 g/mol. The van der Waals surface area contributed by atoms with Crippen molar-refractivity contribution in [3.05, 3.63) is 65.2 Å². The van der Waals surface area contributed by atoms with Crippen LogP contribution in [0.25, 0.3) is 5.57 Å². The molecule has 2 heterocycles. The minimum Gasteiger partial charge on any atom is -0.550 e. The summed E-state index contributed by atoms with van der Waals surface area (Å²) in [4.78, 5) is 12.9. The van der Waals surface area contributed by atoms with Crippen LogP contribution in [-0.4, -0.2) is 24.7 Å². The van der Waals surface area contributed by atoms with E-state index in [1.165, 1.54) is 6.07 Å². The van der Waals surface area contributed by atoms with E-state index < -0.39 is 29.2 Å². The minimum absolute atomic E-state index is 0. The number of ether oxygens (including phenoxy) is 1. The number of nitrogens with zero attached hydrogens (tertiary/aromatic N) is 1. The molecule has 0 aliphatic carbocycles. The predicted octanol–water partition coefficient (Wildman–Crippen LogP) is 0.888. The van der Waals surface area contributed by atoms with E-state index in [9.17, 15) is 23.1 Å². The van der Waals surface area contributed by atoms with Crippen LogP contribution in [0.4, 0.5) is 18.9 Å². The van der Waals surface area contributed by atoms with Gasteiger partial charge in [-0.15, -0.1) is 0 Å². The summed E-state index contributed by atoms with van der Waals surface area (Å²) < 4.78 is 45.6. The summed E-state index contributed by atoms with van der Waals surface area (Å²) in [6.07, 6.45) is -1.91. The van der Waals surface area contributed by atoms with E-state index in [1.807, 2.05) is 49.1 Å². The first-order valence-corrected chi connectivity index (χ1v) is 9.79. The molecule has 2 aliphatic heterocycles. The molecular weight excluding hydrogens is 418 g/mol. The average Bonchev–Trinajstić information content (AvgIpc) is 2.65. The van der Waals surface area contributed by atoms with Crippen LogP contribution in [-0.2, 0) is 11.0 Å². The molecule has 0 spiro atoms. The van der Waals surface area contributed by atoms with Gasteiger partial charge in [-0.3, -0.25) is 0 Å². The third kappa shape index (κ3) is 4.64. The fourth-order valence-corrected chi connectivity index (χ4v) is 3.79. The van der Waals surface area contributed by atoms with Gasteiger partial charge >= 0.3 is 35.7 Å². The van der Waals surface area contributed by atoms with E-state index in [4.69, 9.17) is 4.74 Å². The topological polar surface area (TPSA) is 52.6 Å². The van der Waals surface area contributed by atoms with Gasteiger partial charge in [-0.05, 0) is 54.8 Å². The molecule has 0 amide bonds. The normalized spacial score (nSPS) is 20.7. The van der Waals surface area contributed by atoms with Crippen molar-refractivity contribution >= 4 is 17.2 Å². The van der Waals surface area contributed by atoms with E-state index in [2.05, 4.69) is 0 Å². The van der Waals surface area contributed by atoms with Gasteiger partial charge in [0.1, 0.15) is 11.4 Å². The predicted molar refractivity (Wildman–Crippen MR) is 105 cm³/mol. The minimum atomic E-state index is -4.45. The molecule has 1 atom stereocenters. The monoisotopic (exact) mass is 439 g/mol. The second-order valence-electron chi connectivity index (χ2n) is 8.01. The Morgan fingerprint density at radius 3 is 2.55 bits per heavy atom. The SMILES string of the molecule is CCC1(C)C=C(c2cccc(N3CC(C(=O)[O-])C3)c2)c2ccc(C(F)(F)F)cc2O1.[Na+]. The van der Waals surface area contributed by atoms with Crippen LogP contribution < -0.4 is 44.3 Å². The Kier molecular flexibility index (Phi) is 6.52. The fourth-order valence-electron chi connectivity index (χ4n) is 3.79. The van der Waals surface area contributed by atoms with Crippen LogP contribution in [0.15, 0.2) is 48.5 Å². The molecule has 1 fully saturated rings. The Morgan fingerprint density at radius 1 is 1.23 bits per heavy atom. The Bertz CT molecular complexity index is 1030. The van der Waals surface area contributed by atoms with Crippen LogP contribution in [0.1, 0.15) is 37.0 Å². The molecule has 31 heavy (non-hydrogen) atoms. The number of alkyl halides is 3. The zero-order valence-corrected chi connectivity index (χ0v) is 19.6. The van der Waals surface area contributed by atoms with E-state index in [1.54, 1.807) is 0 Å². The molecule has 0 bridgehead atoms. The summed E-state index contributed by atoms with van der Waals surface area (Å²) in [5.74, 6) is -1.33. The van der Waals surface area contributed by atoms with Crippen LogP contribution >= 0.6 is 0 Å². The smallest absolute Gasteiger partial charge is 0.550 e. The number of hydrogen-bond acceptors (Lipinski definition) is 4. The number of carbonyl (C=O) groups excluding carboxylic acids is 1. The molecule has 0 radical (unpaired) electrons.